The monoisotopic (exact) mass is 428 g/mol. The van der Waals surface area contributed by atoms with E-state index in [-0.39, 0.29) is 9.79 Å². The first-order chi connectivity index (χ1) is 13.0. The van der Waals surface area contributed by atoms with Gasteiger partial charge in [-0.05, 0) is 38.1 Å². The molecule has 0 saturated heterocycles. The van der Waals surface area contributed by atoms with Gasteiger partial charge in [-0.2, -0.15) is 0 Å². The molecule has 2 unspecified atom stereocenters. The summed E-state index contributed by atoms with van der Waals surface area (Å²) in [4.78, 5) is 0.0553. The average Bonchev–Trinajstić information content (AvgIpc) is 2.65. The van der Waals surface area contributed by atoms with Gasteiger partial charge in [0, 0.05) is 13.1 Å². The number of benzene rings is 2. The van der Waals surface area contributed by atoms with Gasteiger partial charge in [-0.25, -0.2) is 26.3 Å². The Bertz CT molecular complexity index is 904. The van der Waals surface area contributed by atoms with Crippen LogP contribution >= 0.6 is 0 Å². The fraction of sp³-hybridized carbons (Fsp3) is 0.333. The third-order valence-electron chi connectivity index (χ3n) is 4.07. The third-order valence-corrected chi connectivity index (χ3v) is 6.95. The molecule has 0 saturated carbocycles. The Balaban J connectivity index is 1.91. The molecule has 2 aromatic rings. The summed E-state index contributed by atoms with van der Waals surface area (Å²) in [5.74, 6) is 0. The normalized spacial score (nSPS) is 14.6. The molecule has 154 valence electrons. The molecule has 0 amide bonds. The van der Waals surface area contributed by atoms with Crippen molar-refractivity contribution in [1.29, 1.82) is 0 Å². The summed E-state index contributed by atoms with van der Waals surface area (Å²) in [5, 5.41) is 19.9. The number of nitrogens with one attached hydrogen (secondary N) is 2. The molecule has 0 aromatic heterocycles. The van der Waals surface area contributed by atoms with E-state index in [0.29, 0.717) is 0 Å². The molecule has 2 aromatic carbocycles. The standard InChI is InChI=1S/C18H24N2O6S2/c1-13-3-7-15(8-4-13)27(23,24)19-11-17(21)18(22)12-20-28(25,26)16-9-5-14(2)6-10-16/h3-10,17-22H,11-12H2,1-2H3. The second kappa shape index (κ2) is 9.12. The molecule has 0 spiro atoms. The van der Waals surface area contributed by atoms with Crippen LogP contribution in [0, 0.1) is 13.8 Å². The van der Waals surface area contributed by atoms with Gasteiger partial charge in [0.25, 0.3) is 0 Å². The summed E-state index contributed by atoms with van der Waals surface area (Å²) in [6.07, 6.45) is -3.00. The van der Waals surface area contributed by atoms with Crippen LogP contribution in [0.1, 0.15) is 11.1 Å². The summed E-state index contributed by atoms with van der Waals surface area (Å²) in [6, 6.07) is 12.3. The Morgan fingerprint density at radius 2 is 0.964 bits per heavy atom. The Kier molecular flexibility index (Phi) is 7.32. The minimum absolute atomic E-state index is 0.0277. The smallest absolute Gasteiger partial charge is 0.240 e. The minimum atomic E-state index is -3.86. The SMILES string of the molecule is Cc1ccc(S(=O)(=O)NCC(O)C(O)CNS(=O)(=O)c2ccc(C)cc2)cc1. The minimum Gasteiger partial charge on any atom is -0.389 e. The van der Waals surface area contributed by atoms with Crippen molar-refractivity contribution in [3.05, 3.63) is 59.7 Å². The first-order valence-electron chi connectivity index (χ1n) is 8.50. The van der Waals surface area contributed by atoms with Crippen molar-refractivity contribution in [3.8, 4) is 0 Å². The van der Waals surface area contributed by atoms with E-state index < -0.39 is 45.3 Å². The van der Waals surface area contributed by atoms with Crippen molar-refractivity contribution in [3.63, 3.8) is 0 Å². The number of hydrogen-bond acceptors (Lipinski definition) is 6. The zero-order valence-electron chi connectivity index (χ0n) is 15.5. The molecule has 0 heterocycles. The Hall–Kier alpha value is -1.82. The van der Waals surface area contributed by atoms with Gasteiger partial charge in [0.2, 0.25) is 20.0 Å². The summed E-state index contributed by atoms with van der Waals surface area (Å²) in [5.41, 5.74) is 1.80. The van der Waals surface area contributed by atoms with Gasteiger partial charge in [0.1, 0.15) is 0 Å². The summed E-state index contributed by atoms with van der Waals surface area (Å²) >= 11 is 0. The van der Waals surface area contributed by atoms with Gasteiger partial charge in [0.15, 0.2) is 0 Å². The maximum Gasteiger partial charge on any atom is 0.240 e. The van der Waals surface area contributed by atoms with Crippen LogP contribution < -0.4 is 9.44 Å². The number of sulfonamides is 2. The molecule has 0 bridgehead atoms. The highest BCUT2D eigenvalue weighted by Crippen LogP contribution is 2.11. The van der Waals surface area contributed by atoms with E-state index in [2.05, 4.69) is 9.44 Å². The fourth-order valence-corrected chi connectivity index (χ4v) is 4.37. The Morgan fingerprint density at radius 1 is 0.679 bits per heavy atom. The van der Waals surface area contributed by atoms with Crippen molar-refractivity contribution >= 4 is 20.0 Å². The van der Waals surface area contributed by atoms with Gasteiger partial charge in [-0.15, -0.1) is 0 Å². The second-order valence-electron chi connectivity index (χ2n) is 6.46. The van der Waals surface area contributed by atoms with Crippen molar-refractivity contribution < 1.29 is 27.0 Å². The van der Waals surface area contributed by atoms with Gasteiger partial charge < -0.3 is 10.2 Å². The lowest BCUT2D eigenvalue weighted by Gasteiger charge is -2.19. The maximum atomic E-state index is 12.2. The molecule has 28 heavy (non-hydrogen) atoms. The van der Waals surface area contributed by atoms with Gasteiger partial charge in [0.05, 0.1) is 22.0 Å². The van der Waals surface area contributed by atoms with Crippen LogP contribution in [0.2, 0.25) is 0 Å². The van der Waals surface area contributed by atoms with Crippen molar-refractivity contribution in [2.75, 3.05) is 13.1 Å². The van der Waals surface area contributed by atoms with E-state index in [1.807, 2.05) is 13.8 Å². The van der Waals surface area contributed by atoms with E-state index in [1.165, 1.54) is 24.3 Å². The average molecular weight is 429 g/mol. The van der Waals surface area contributed by atoms with Crippen LogP contribution in [0.15, 0.2) is 58.3 Å². The van der Waals surface area contributed by atoms with Crippen LogP contribution in [0.25, 0.3) is 0 Å². The van der Waals surface area contributed by atoms with E-state index in [0.717, 1.165) is 11.1 Å². The molecular weight excluding hydrogens is 404 g/mol. The summed E-state index contributed by atoms with van der Waals surface area (Å²) < 4.78 is 53.1. The number of rotatable bonds is 9. The molecule has 10 heteroatoms. The van der Waals surface area contributed by atoms with Crippen LogP contribution in [-0.2, 0) is 20.0 Å². The van der Waals surface area contributed by atoms with Crippen LogP contribution in [0.3, 0.4) is 0 Å². The quantitative estimate of drug-likeness (QED) is 0.454. The zero-order valence-corrected chi connectivity index (χ0v) is 17.2. The van der Waals surface area contributed by atoms with Crippen molar-refractivity contribution in [2.24, 2.45) is 0 Å². The Labute approximate surface area is 165 Å². The molecule has 0 aliphatic carbocycles. The van der Waals surface area contributed by atoms with Gasteiger partial charge in [-0.1, -0.05) is 35.4 Å². The molecule has 0 aliphatic heterocycles. The van der Waals surface area contributed by atoms with Crippen LogP contribution in [0.5, 0.6) is 0 Å². The molecule has 8 nitrogen and oxygen atoms in total. The predicted molar refractivity (Wildman–Crippen MR) is 105 cm³/mol. The fourth-order valence-electron chi connectivity index (χ4n) is 2.26. The molecule has 2 atom stereocenters. The summed E-state index contributed by atoms with van der Waals surface area (Å²) in [7, 11) is -7.71. The highest BCUT2D eigenvalue weighted by atomic mass is 32.2. The van der Waals surface area contributed by atoms with E-state index >= 15 is 0 Å². The van der Waals surface area contributed by atoms with Crippen molar-refractivity contribution in [2.45, 2.75) is 35.8 Å². The highest BCUT2D eigenvalue weighted by molar-refractivity contribution is 7.89. The zero-order chi connectivity index (χ0) is 20.9. The largest absolute Gasteiger partial charge is 0.389 e. The Morgan fingerprint density at radius 3 is 1.25 bits per heavy atom. The van der Waals surface area contributed by atoms with Crippen LogP contribution in [0.4, 0.5) is 0 Å². The van der Waals surface area contributed by atoms with E-state index in [4.69, 9.17) is 0 Å². The van der Waals surface area contributed by atoms with E-state index in [9.17, 15) is 27.0 Å². The molecule has 4 N–H and O–H groups in total. The lowest BCUT2D eigenvalue weighted by molar-refractivity contribution is 0.0269. The van der Waals surface area contributed by atoms with Crippen molar-refractivity contribution in [1.82, 2.24) is 9.44 Å². The lowest BCUT2D eigenvalue weighted by Crippen LogP contribution is -2.44. The molecular formula is C18H24N2O6S2. The molecule has 0 radical (unpaired) electrons. The second-order valence-corrected chi connectivity index (χ2v) is 10.00. The topological polar surface area (TPSA) is 133 Å². The number of aliphatic hydroxyl groups is 2. The van der Waals surface area contributed by atoms with E-state index in [1.54, 1.807) is 24.3 Å². The third kappa shape index (κ3) is 6.09. The highest BCUT2D eigenvalue weighted by Gasteiger charge is 2.23. The number of aryl methyl sites for hydroxylation is 2. The predicted octanol–water partition coefficient (Wildman–Crippen LogP) is 0.282. The van der Waals surface area contributed by atoms with Gasteiger partial charge in [-0.3, -0.25) is 0 Å². The first kappa shape index (κ1) is 22.5. The maximum absolute atomic E-state index is 12.2. The first-order valence-corrected chi connectivity index (χ1v) is 11.5. The number of aliphatic hydroxyl groups excluding tert-OH is 2. The molecule has 0 fully saturated rings. The summed E-state index contributed by atoms with van der Waals surface area (Å²) in [6.45, 7) is 2.70. The van der Waals surface area contributed by atoms with Gasteiger partial charge >= 0.3 is 0 Å². The van der Waals surface area contributed by atoms with Crippen LogP contribution in [-0.4, -0.2) is 52.3 Å². The lowest BCUT2D eigenvalue weighted by atomic mass is 10.2. The number of hydrogen-bond donors (Lipinski definition) is 4. The molecule has 2 rings (SSSR count). The molecule has 0 aliphatic rings.